The average molecular weight is 516 g/mol. The van der Waals surface area contributed by atoms with E-state index in [0.717, 1.165) is 35.3 Å². The van der Waals surface area contributed by atoms with Crippen LogP contribution in [-0.4, -0.2) is 29.9 Å². The predicted molar refractivity (Wildman–Crippen MR) is 132 cm³/mol. The van der Waals surface area contributed by atoms with Gasteiger partial charge in [0.15, 0.2) is 5.11 Å². The number of thiophene rings is 1. The van der Waals surface area contributed by atoms with Gasteiger partial charge in [-0.3, -0.25) is 15.6 Å². The van der Waals surface area contributed by atoms with Gasteiger partial charge in [-0.15, -0.1) is 23.1 Å². The van der Waals surface area contributed by atoms with Gasteiger partial charge in [0.25, 0.3) is 0 Å². The first-order chi connectivity index (χ1) is 15.3. The summed E-state index contributed by atoms with van der Waals surface area (Å²) in [7, 11) is 1.36. The van der Waals surface area contributed by atoms with Crippen LogP contribution in [0.3, 0.4) is 0 Å². The molecule has 6 nitrogen and oxygen atoms in total. The van der Waals surface area contributed by atoms with Crippen LogP contribution >= 0.6 is 46.9 Å². The standard InChI is InChI=1S/C21H23ClFN3O3S3/c1-11-3-6-14-16(7-11)32-19(18(14)20(28)29-2)24-21(30)26-25-17(27)10-31-9-12-4-5-13(23)8-15(12)22/h4-5,8,11H,3,6-7,9-10H2,1-2H3,(H,25,27)(H2,24,26,30)/t11-/m1/s1. The Bertz CT molecular complexity index is 1030. The topological polar surface area (TPSA) is 79.5 Å². The highest BCUT2D eigenvalue weighted by atomic mass is 35.5. The molecule has 3 N–H and O–H groups in total. The highest BCUT2D eigenvalue weighted by molar-refractivity contribution is 7.99. The van der Waals surface area contributed by atoms with Crippen molar-refractivity contribution in [2.45, 2.75) is 31.9 Å². The van der Waals surface area contributed by atoms with Crippen molar-refractivity contribution in [2.24, 2.45) is 5.92 Å². The summed E-state index contributed by atoms with van der Waals surface area (Å²) in [5.41, 5.74) is 7.47. The number of carbonyl (C=O) groups is 2. The first-order valence-corrected chi connectivity index (χ1v) is 12.6. The van der Waals surface area contributed by atoms with E-state index in [9.17, 15) is 14.0 Å². The van der Waals surface area contributed by atoms with Crippen LogP contribution in [0.4, 0.5) is 9.39 Å². The molecule has 0 radical (unpaired) electrons. The van der Waals surface area contributed by atoms with Crippen LogP contribution in [0.5, 0.6) is 0 Å². The third kappa shape index (κ3) is 6.34. The number of anilines is 1. The molecule has 32 heavy (non-hydrogen) atoms. The zero-order chi connectivity index (χ0) is 23.3. The van der Waals surface area contributed by atoms with E-state index < -0.39 is 11.8 Å². The van der Waals surface area contributed by atoms with E-state index in [2.05, 4.69) is 23.1 Å². The van der Waals surface area contributed by atoms with Gasteiger partial charge < -0.3 is 10.1 Å². The number of rotatable bonds is 6. The molecule has 0 spiro atoms. The zero-order valence-electron chi connectivity index (χ0n) is 17.6. The van der Waals surface area contributed by atoms with E-state index in [1.54, 1.807) is 6.07 Å². The third-order valence-corrected chi connectivity index (χ3v) is 7.66. The van der Waals surface area contributed by atoms with Crippen LogP contribution in [0.25, 0.3) is 0 Å². The molecule has 172 valence electrons. The van der Waals surface area contributed by atoms with Crippen LogP contribution in [0, 0.1) is 11.7 Å². The normalized spacial score (nSPS) is 14.9. The number of ether oxygens (including phenoxy) is 1. The lowest BCUT2D eigenvalue weighted by molar-refractivity contribution is -0.119. The molecular weight excluding hydrogens is 493 g/mol. The van der Waals surface area contributed by atoms with Gasteiger partial charge in [0.2, 0.25) is 5.91 Å². The largest absolute Gasteiger partial charge is 0.465 e. The predicted octanol–water partition coefficient (Wildman–Crippen LogP) is 4.70. The molecule has 0 unspecified atom stereocenters. The zero-order valence-corrected chi connectivity index (χ0v) is 20.8. The summed E-state index contributed by atoms with van der Waals surface area (Å²) in [4.78, 5) is 25.6. The van der Waals surface area contributed by atoms with Crippen LogP contribution in [0.15, 0.2) is 18.2 Å². The fraction of sp³-hybridized carbons (Fsp3) is 0.381. The Balaban J connectivity index is 1.51. The lowest BCUT2D eigenvalue weighted by Crippen LogP contribution is -2.44. The number of nitrogens with one attached hydrogen (secondary N) is 3. The summed E-state index contributed by atoms with van der Waals surface area (Å²) in [5, 5.41) is 4.12. The van der Waals surface area contributed by atoms with Crippen molar-refractivity contribution in [1.29, 1.82) is 0 Å². The van der Waals surface area contributed by atoms with E-state index in [0.29, 0.717) is 27.3 Å². The molecule has 0 aliphatic heterocycles. The second-order valence-corrected chi connectivity index (χ2v) is 10.3. The van der Waals surface area contributed by atoms with Gasteiger partial charge >= 0.3 is 5.97 Å². The minimum atomic E-state index is -0.401. The van der Waals surface area contributed by atoms with Gasteiger partial charge in [-0.25, -0.2) is 9.18 Å². The summed E-state index contributed by atoms with van der Waals surface area (Å²) in [5.74, 6) is 0.0974. The fourth-order valence-corrected chi connectivity index (χ4v) is 6.11. The van der Waals surface area contributed by atoms with Crippen LogP contribution in [-0.2, 0) is 28.1 Å². The smallest absolute Gasteiger partial charge is 0.341 e. The molecule has 0 saturated carbocycles. The first kappa shape index (κ1) is 24.8. The van der Waals surface area contributed by atoms with E-state index in [4.69, 9.17) is 28.6 Å². The Morgan fingerprint density at radius 1 is 1.38 bits per heavy atom. The maximum atomic E-state index is 13.1. The number of thioether (sulfide) groups is 1. The molecule has 1 heterocycles. The maximum absolute atomic E-state index is 13.1. The van der Waals surface area contributed by atoms with Crippen molar-refractivity contribution in [2.75, 3.05) is 18.2 Å². The number of hydrogen-bond acceptors (Lipinski definition) is 6. The van der Waals surface area contributed by atoms with Crippen LogP contribution in [0.2, 0.25) is 5.02 Å². The summed E-state index contributed by atoms with van der Waals surface area (Å²) in [6, 6.07) is 4.17. The quantitative estimate of drug-likeness (QED) is 0.292. The Morgan fingerprint density at radius 3 is 2.88 bits per heavy atom. The minimum Gasteiger partial charge on any atom is -0.465 e. The number of hydrazine groups is 1. The number of carbonyl (C=O) groups excluding carboxylic acids is 2. The number of esters is 1. The molecule has 0 fully saturated rings. The molecule has 0 saturated heterocycles. The van der Waals surface area contributed by atoms with Crippen molar-refractivity contribution >= 4 is 68.9 Å². The Labute approximate surface area is 204 Å². The fourth-order valence-electron chi connectivity index (χ4n) is 3.35. The monoisotopic (exact) mass is 515 g/mol. The van der Waals surface area contributed by atoms with E-state index in [1.807, 2.05) is 0 Å². The molecule has 2 aromatic rings. The lowest BCUT2D eigenvalue weighted by atomic mass is 9.88. The van der Waals surface area contributed by atoms with Gasteiger partial charge in [0, 0.05) is 15.7 Å². The van der Waals surface area contributed by atoms with E-state index >= 15 is 0 Å². The van der Waals surface area contributed by atoms with Crippen LogP contribution < -0.4 is 16.2 Å². The SMILES string of the molecule is COC(=O)c1c(NC(=S)NNC(=O)CSCc2ccc(F)cc2Cl)sc2c1CC[C@@H](C)C2. The molecule has 1 aliphatic rings. The van der Waals surface area contributed by atoms with Crippen molar-refractivity contribution in [3.8, 4) is 0 Å². The van der Waals surface area contributed by atoms with Gasteiger partial charge in [-0.1, -0.05) is 24.6 Å². The average Bonchev–Trinajstić information content (AvgIpc) is 3.09. The second kappa shape index (κ2) is 11.3. The maximum Gasteiger partial charge on any atom is 0.341 e. The summed E-state index contributed by atoms with van der Waals surface area (Å²) >= 11 is 14.1. The highest BCUT2D eigenvalue weighted by Crippen LogP contribution is 2.40. The number of thiocarbonyl (C=S) groups is 1. The molecule has 1 amide bonds. The number of amides is 1. The summed E-state index contributed by atoms with van der Waals surface area (Å²) in [6.45, 7) is 2.19. The summed E-state index contributed by atoms with van der Waals surface area (Å²) < 4.78 is 18.1. The van der Waals surface area contributed by atoms with Crippen molar-refractivity contribution in [1.82, 2.24) is 10.9 Å². The number of fused-ring (bicyclic) bond motifs is 1. The Kier molecular flexibility index (Phi) is 8.75. The lowest BCUT2D eigenvalue weighted by Gasteiger charge is -2.18. The van der Waals surface area contributed by atoms with Gasteiger partial charge in [0.05, 0.1) is 18.4 Å². The summed E-state index contributed by atoms with van der Waals surface area (Å²) in [6.07, 6.45) is 2.76. The van der Waals surface area contributed by atoms with Gasteiger partial charge in [0.1, 0.15) is 10.8 Å². The van der Waals surface area contributed by atoms with Crippen LogP contribution in [0.1, 0.15) is 39.7 Å². The molecule has 1 aliphatic carbocycles. The van der Waals surface area contributed by atoms with Gasteiger partial charge in [-0.05, 0) is 60.7 Å². The number of hydrogen-bond donors (Lipinski definition) is 3. The molecule has 0 bridgehead atoms. The Morgan fingerprint density at radius 2 is 2.16 bits per heavy atom. The molecular formula is C21H23ClFN3O3S3. The van der Waals surface area contributed by atoms with E-state index in [1.165, 1.54) is 42.3 Å². The van der Waals surface area contributed by atoms with Crippen molar-refractivity contribution in [3.05, 3.63) is 50.6 Å². The van der Waals surface area contributed by atoms with Crippen molar-refractivity contribution in [3.63, 3.8) is 0 Å². The molecule has 11 heteroatoms. The number of halogens is 2. The number of benzene rings is 1. The second-order valence-electron chi connectivity index (χ2n) is 7.40. The molecule has 1 aromatic carbocycles. The molecule has 1 atom stereocenters. The number of methoxy groups -OCH3 is 1. The molecule has 1 aromatic heterocycles. The first-order valence-electron chi connectivity index (χ1n) is 9.88. The van der Waals surface area contributed by atoms with Crippen molar-refractivity contribution < 1.29 is 18.7 Å². The Hall–Kier alpha value is -1.88. The molecule has 3 rings (SSSR count). The minimum absolute atomic E-state index is 0.155. The van der Waals surface area contributed by atoms with Gasteiger partial charge in [-0.2, -0.15) is 0 Å². The van der Waals surface area contributed by atoms with E-state index in [-0.39, 0.29) is 16.8 Å². The third-order valence-electron chi connectivity index (χ3n) is 4.95. The highest BCUT2D eigenvalue weighted by Gasteiger charge is 2.28.